The van der Waals surface area contributed by atoms with Crippen molar-refractivity contribution < 1.29 is 9.13 Å². The second-order valence-electron chi connectivity index (χ2n) is 7.14. The van der Waals surface area contributed by atoms with E-state index in [0.29, 0.717) is 23.0 Å². The molecule has 0 aliphatic rings. The average Bonchev–Trinajstić information content (AvgIpc) is 3.19. The lowest BCUT2D eigenvalue weighted by molar-refractivity contribution is 0.415. The van der Waals surface area contributed by atoms with Crippen LogP contribution in [0.5, 0.6) is 5.75 Å². The van der Waals surface area contributed by atoms with Gasteiger partial charge in [0.25, 0.3) is 5.56 Å². The Labute approximate surface area is 177 Å². The summed E-state index contributed by atoms with van der Waals surface area (Å²) >= 11 is 0. The number of methoxy groups -OCH3 is 1. The Hall–Kier alpha value is -4.00. The Morgan fingerprint density at radius 2 is 1.84 bits per heavy atom. The summed E-state index contributed by atoms with van der Waals surface area (Å²) in [6, 6.07) is 15.7. The molecule has 0 aliphatic heterocycles. The first kappa shape index (κ1) is 19.0. The molecule has 0 aliphatic carbocycles. The summed E-state index contributed by atoms with van der Waals surface area (Å²) < 4.78 is 22.5. The normalized spacial score (nSPS) is 11.3. The number of nitrogens with zero attached hydrogens (tertiary/aromatic N) is 4. The maximum Gasteiger partial charge on any atom is 0.266 e. The lowest BCUT2D eigenvalue weighted by atomic mass is 10.0. The van der Waals surface area contributed by atoms with E-state index in [1.807, 2.05) is 31.2 Å². The second kappa shape index (κ2) is 7.36. The number of fused-ring (bicyclic) bond motifs is 3. The highest BCUT2D eigenvalue weighted by Crippen LogP contribution is 2.30. The van der Waals surface area contributed by atoms with Crippen LogP contribution in [-0.4, -0.2) is 26.3 Å². The maximum absolute atomic E-state index is 14.3. The predicted molar refractivity (Wildman–Crippen MR) is 117 cm³/mol. The fraction of sp³-hybridized carbons (Fsp3) is 0.125. The number of aromatic nitrogens is 4. The van der Waals surface area contributed by atoms with Gasteiger partial charge in [-0.2, -0.15) is 5.10 Å². The van der Waals surface area contributed by atoms with Gasteiger partial charge in [-0.05, 0) is 42.3 Å². The topological polar surface area (TPSA) is 61.4 Å². The van der Waals surface area contributed by atoms with Gasteiger partial charge in [0.15, 0.2) is 5.65 Å². The van der Waals surface area contributed by atoms with Crippen LogP contribution in [0.15, 0.2) is 71.8 Å². The Morgan fingerprint density at radius 1 is 1.06 bits per heavy atom. The number of aryl methyl sites for hydroxylation is 1. The van der Waals surface area contributed by atoms with E-state index < -0.39 is 5.82 Å². The summed E-state index contributed by atoms with van der Waals surface area (Å²) in [4.78, 5) is 17.7. The number of para-hydroxylation sites is 1. The van der Waals surface area contributed by atoms with Gasteiger partial charge in [-0.1, -0.05) is 31.2 Å². The molecule has 0 amide bonds. The minimum absolute atomic E-state index is 0.197. The lowest BCUT2D eigenvalue weighted by Gasteiger charge is -2.09. The molecule has 0 atom stereocenters. The Morgan fingerprint density at radius 3 is 2.55 bits per heavy atom. The minimum Gasteiger partial charge on any atom is -0.497 e. The van der Waals surface area contributed by atoms with E-state index in [1.54, 1.807) is 48.3 Å². The summed E-state index contributed by atoms with van der Waals surface area (Å²) in [7, 11) is 1.63. The average molecular weight is 414 g/mol. The number of benzene rings is 2. The second-order valence-corrected chi connectivity index (χ2v) is 7.14. The van der Waals surface area contributed by atoms with Gasteiger partial charge >= 0.3 is 0 Å². The molecule has 0 saturated heterocycles. The zero-order valence-electron chi connectivity index (χ0n) is 17.0. The van der Waals surface area contributed by atoms with Crippen molar-refractivity contribution in [3.05, 3.63) is 88.9 Å². The fourth-order valence-electron chi connectivity index (χ4n) is 3.85. The third-order valence-corrected chi connectivity index (χ3v) is 5.41. The molecule has 5 rings (SSSR count). The van der Waals surface area contributed by atoms with Crippen molar-refractivity contribution in [1.82, 2.24) is 19.2 Å². The van der Waals surface area contributed by atoms with Gasteiger partial charge in [-0.25, -0.2) is 13.9 Å². The number of hydrogen-bond donors (Lipinski definition) is 0. The van der Waals surface area contributed by atoms with E-state index in [1.165, 1.54) is 10.6 Å². The first-order chi connectivity index (χ1) is 15.1. The molecule has 154 valence electrons. The number of pyridine rings is 1. The van der Waals surface area contributed by atoms with Crippen LogP contribution in [-0.2, 0) is 6.42 Å². The van der Waals surface area contributed by atoms with E-state index >= 15 is 0 Å². The van der Waals surface area contributed by atoms with Crippen LogP contribution in [0.25, 0.3) is 33.4 Å². The standard InChI is InChI=1S/C24H19FN4O2/c1-3-19-22(15-8-10-16(31-2)11-9-15)23-26-14-17-20(29(23)27-19)12-13-28(24(17)30)21-7-5-4-6-18(21)25/h4-14H,3H2,1-2H3. The van der Waals surface area contributed by atoms with E-state index in [4.69, 9.17) is 9.84 Å². The van der Waals surface area contributed by atoms with Crippen molar-refractivity contribution in [1.29, 1.82) is 0 Å². The SMILES string of the molecule is CCc1nn2c(ncc3c(=O)n(-c4ccccc4F)ccc32)c1-c1ccc(OC)cc1. The van der Waals surface area contributed by atoms with Gasteiger partial charge in [-0.3, -0.25) is 9.36 Å². The molecule has 2 aromatic carbocycles. The Kier molecular flexibility index (Phi) is 4.51. The monoisotopic (exact) mass is 414 g/mol. The minimum atomic E-state index is -0.466. The molecule has 0 radical (unpaired) electrons. The fourth-order valence-corrected chi connectivity index (χ4v) is 3.85. The van der Waals surface area contributed by atoms with Crippen LogP contribution in [0.3, 0.4) is 0 Å². The van der Waals surface area contributed by atoms with Gasteiger partial charge in [0.1, 0.15) is 11.6 Å². The van der Waals surface area contributed by atoms with Crippen LogP contribution in [0.1, 0.15) is 12.6 Å². The molecule has 0 unspecified atom stereocenters. The largest absolute Gasteiger partial charge is 0.497 e. The molecule has 0 fully saturated rings. The highest BCUT2D eigenvalue weighted by atomic mass is 19.1. The van der Waals surface area contributed by atoms with Gasteiger partial charge in [-0.15, -0.1) is 0 Å². The molecule has 31 heavy (non-hydrogen) atoms. The van der Waals surface area contributed by atoms with Crippen LogP contribution in [0, 0.1) is 5.82 Å². The summed E-state index contributed by atoms with van der Waals surface area (Å²) in [6.45, 7) is 2.03. The van der Waals surface area contributed by atoms with E-state index in [-0.39, 0.29) is 11.2 Å². The molecule has 7 heteroatoms. The quantitative estimate of drug-likeness (QED) is 0.437. The number of halogens is 1. The van der Waals surface area contributed by atoms with Crippen molar-refractivity contribution in [2.24, 2.45) is 0 Å². The highest BCUT2D eigenvalue weighted by molar-refractivity contribution is 5.86. The first-order valence-corrected chi connectivity index (χ1v) is 9.93. The highest BCUT2D eigenvalue weighted by Gasteiger charge is 2.18. The summed E-state index contributed by atoms with van der Waals surface area (Å²) in [6.07, 6.45) is 3.82. The summed E-state index contributed by atoms with van der Waals surface area (Å²) in [5, 5.41) is 5.11. The Balaban J connectivity index is 1.76. The van der Waals surface area contributed by atoms with Gasteiger partial charge in [0.2, 0.25) is 0 Å². The molecule has 3 aromatic heterocycles. The van der Waals surface area contributed by atoms with Gasteiger partial charge in [0, 0.05) is 18.0 Å². The molecule has 5 aromatic rings. The third kappa shape index (κ3) is 2.97. The van der Waals surface area contributed by atoms with Crippen LogP contribution >= 0.6 is 0 Å². The molecule has 6 nitrogen and oxygen atoms in total. The first-order valence-electron chi connectivity index (χ1n) is 9.93. The molecule has 0 saturated carbocycles. The Bertz CT molecular complexity index is 1490. The molecule has 0 spiro atoms. The van der Waals surface area contributed by atoms with Crippen molar-refractivity contribution >= 4 is 16.6 Å². The van der Waals surface area contributed by atoms with Crippen molar-refractivity contribution in [3.8, 4) is 22.6 Å². The van der Waals surface area contributed by atoms with Crippen molar-refractivity contribution in [2.45, 2.75) is 13.3 Å². The van der Waals surface area contributed by atoms with Crippen LogP contribution in [0.4, 0.5) is 4.39 Å². The zero-order chi connectivity index (χ0) is 21.5. The molecular formula is C24H19FN4O2. The van der Waals surface area contributed by atoms with E-state index in [9.17, 15) is 9.18 Å². The van der Waals surface area contributed by atoms with E-state index in [2.05, 4.69) is 4.98 Å². The molecule has 3 heterocycles. The predicted octanol–water partition coefficient (Wildman–Crippen LogP) is 4.41. The maximum atomic E-state index is 14.3. The van der Waals surface area contributed by atoms with Crippen molar-refractivity contribution in [2.75, 3.05) is 7.11 Å². The summed E-state index contributed by atoms with van der Waals surface area (Å²) in [5.41, 5.74) is 3.90. The lowest BCUT2D eigenvalue weighted by Crippen LogP contribution is -2.19. The van der Waals surface area contributed by atoms with Crippen LogP contribution < -0.4 is 10.3 Å². The third-order valence-electron chi connectivity index (χ3n) is 5.41. The van der Waals surface area contributed by atoms with E-state index in [0.717, 1.165) is 22.6 Å². The zero-order valence-corrected chi connectivity index (χ0v) is 17.0. The molecular weight excluding hydrogens is 395 g/mol. The smallest absolute Gasteiger partial charge is 0.266 e. The number of hydrogen-bond acceptors (Lipinski definition) is 4. The van der Waals surface area contributed by atoms with Gasteiger partial charge < -0.3 is 4.74 Å². The molecule has 0 bridgehead atoms. The van der Waals surface area contributed by atoms with Gasteiger partial charge in [0.05, 0.1) is 29.4 Å². The van der Waals surface area contributed by atoms with Crippen molar-refractivity contribution in [3.63, 3.8) is 0 Å². The number of rotatable bonds is 4. The number of ether oxygens (including phenoxy) is 1. The van der Waals surface area contributed by atoms with Crippen LogP contribution in [0.2, 0.25) is 0 Å². The summed E-state index contributed by atoms with van der Waals surface area (Å²) in [5.74, 6) is 0.303. The molecule has 0 N–H and O–H groups in total.